The Morgan fingerprint density at radius 3 is 2.45 bits per heavy atom. The predicted molar refractivity (Wildman–Crippen MR) is 77.1 cm³/mol. The summed E-state index contributed by atoms with van der Waals surface area (Å²) in [5, 5.41) is 8.55. The van der Waals surface area contributed by atoms with Gasteiger partial charge in [0.05, 0.1) is 13.2 Å². The highest BCUT2D eigenvalue weighted by Crippen LogP contribution is 2.27. The lowest BCUT2D eigenvalue weighted by Crippen LogP contribution is -1.92. The SMILES string of the molecule is COc1ccc(-c2ccc(CCC#N)c(F)c2)cc1C. The van der Waals surface area contributed by atoms with Gasteiger partial charge in [0.1, 0.15) is 11.6 Å². The Kier molecular flexibility index (Phi) is 4.37. The smallest absolute Gasteiger partial charge is 0.127 e. The zero-order chi connectivity index (χ0) is 14.5. The highest BCUT2D eigenvalue weighted by molar-refractivity contribution is 5.66. The van der Waals surface area contributed by atoms with Crippen LogP contribution in [0.3, 0.4) is 0 Å². The Morgan fingerprint density at radius 1 is 1.15 bits per heavy atom. The van der Waals surface area contributed by atoms with E-state index in [-0.39, 0.29) is 5.82 Å². The van der Waals surface area contributed by atoms with E-state index in [1.54, 1.807) is 13.2 Å². The monoisotopic (exact) mass is 269 g/mol. The van der Waals surface area contributed by atoms with Gasteiger partial charge in [-0.1, -0.05) is 18.2 Å². The van der Waals surface area contributed by atoms with E-state index in [2.05, 4.69) is 0 Å². The highest BCUT2D eigenvalue weighted by Gasteiger charge is 2.07. The Morgan fingerprint density at radius 2 is 1.85 bits per heavy atom. The van der Waals surface area contributed by atoms with Crippen molar-refractivity contribution in [2.75, 3.05) is 7.11 Å². The van der Waals surface area contributed by atoms with Gasteiger partial charge in [0.2, 0.25) is 0 Å². The third kappa shape index (κ3) is 2.97. The minimum Gasteiger partial charge on any atom is -0.496 e. The first-order valence-corrected chi connectivity index (χ1v) is 6.46. The van der Waals surface area contributed by atoms with Gasteiger partial charge in [-0.25, -0.2) is 4.39 Å². The van der Waals surface area contributed by atoms with Gasteiger partial charge in [-0.3, -0.25) is 0 Å². The van der Waals surface area contributed by atoms with Gasteiger partial charge in [-0.05, 0) is 53.8 Å². The van der Waals surface area contributed by atoms with Crippen LogP contribution >= 0.6 is 0 Å². The van der Waals surface area contributed by atoms with E-state index >= 15 is 0 Å². The lowest BCUT2D eigenvalue weighted by molar-refractivity contribution is 0.412. The summed E-state index contributed by atoms with van der Waals surface area (Å²) < 4.78 is 19.2. The number of rotatable bonds is 4. The minimum atomic E-state index is -0.258. The van der Waals surface area contributed by atoms with E-state index in [9.17, 15) is 4.39 Å². The minimum absolute atomic E-state index is 0.258. The summed E-state index contributed by atoms with van der Waals surface area (Å²) in [6.07, 6.45) is 0.780. The van der Waals surface area contributed by atoms with E-state index in [0.717, 1.165) is 22.4 Å². The second kappa shape index (κ2) is 6.21. The molecule has 2 aromatic carbocycles. The van der Waals surface area contributed by atoms with Crippen LogP contribution in [-0.4, -0.2) is 7.11 Å². The molecule has 102 valence electrons. The zero-order valence-electron chi connectivity index (χ0n) is 11.6. The number of hydrogen-bond acceptors (Lipinski definition) is 2. The molecule has 0 amide bonds. The van der Waals surface area contributed by atoms with Crippen LogP contribution in [0, 0.1) is 24.1 Å². The van der Waals surface area contributed by atoms with Gasteiger partial charge in [0.15, 0.2) is 0 Å². The molecule has 0 bridgehead atoms. The molecule has 2 rings (SSSR count). The predicted octanol–water partition coefficient (Wildman–Crippen LogP) is 4.27. The van der Waals surface area contributed by atoms with Crippen LogP contribution in [0.4, 0.5) is 4.39 Å². The zero-order valence-corrected chi connectivity index (χ0v) is 11.6. The first-order valence-electron chi connectivity index (χ1n) is 6.46. The molecular weight excluding hydrogens is 253 g/mol. The lowest BCUT2D eigenvalue weighted by atomic mass is 10.00. The number of ether oxygens (including phenoxy) is 1. The summed E-state index contributed by atoms with van der Waals surface area (Å²) in [5.41, 5.74) is 3.38. The summed E-state index contributed by atoms with van der Waals surface area (Å²) in [6.45, 7) is 1.96. The molecule has 0 aliphatic rings. The van der Waals surface area contributed by atoms with Crippen molar-refractivity contribution >= 4 is 0 Å². The second-order valence-electron chi connectivity index (χ2n) is 4.65. The standard InChI is InChI=1S/C17H16FNO/c1-12-10-14(7-8-17(12)20-2)15-6-5-13(4-3-9-19)16(18)11-15/h5-8,10-11H,3-4H2,1-2H3. The fraction of sp³-hybridized carbons (Fsp3) is 0.235. The third-order valence-electron chi connectivity index (χ3n) is 3.29. The van der Waals surface area contributed by atoms with Gasteiger partial charge >= 0.3 is 0 Å². The van der Waals surface area contributed by atoms with Crippen molar-refractivity contribution < 1.29 is 9.13 Å². The van der Waals surface area contributed by atoms with Crippen LogP contribution in [0.1, 0.15) is 17.5 Å². The lowest BCUT2D eigenvalue weighted by Gasteiger charge is -2.09. The first-order chi connectivity index (χ1) is 9.65. The number of benzene rings is 2. The van der Waals surface area contributed by atoms with Gasteiger partial charge in [-0.2, -0.15) is 5.26 Å². The molecule has 0 N–H and O–H groups in total. The van der Waals surface area contributed by atoms with E-state index in [0.29, 0.717) is 18.4 Å². The highest BCUT2D eigenvalue weighted by atomic mass is 19.1. The van der Waals surface area contributed by atoms with Crippen LogP contribution < -0.4 is 4.74 Å². The molecule has 0 aromatic heterocycles. The maximum atomic E-state index is 14.0. The number of halogens is 1. The summed E-state index contributed by atoms with van der Waals surface area (Å²) in [7, 11) is 1.63. The summed E-state index contributed by atoms with van der Waals surface area (Å²) in [4.78, 5) is 0. The molecule has 0 saturated heterocycles. The number of nitrogens with zero attached hydrogens (tertiary/aromatic N) is 1. The van der Waals surface area contributed by atoms with Crippen LogP contribution in [0.2, 0.25) is 0 Å². The third-order valence-corrected chi connectivity index (χ3v) is 3.29. The van der Waals surface area contributed by atoms with Crippen LogP contribution in [0.25, 0.3) is 11.1 Å². The molecule has 0 aliphatic heterocycles. The van der Waals surface area contributed by atoms with E-state index in [4.69, 9.17) is 10.00 Å². The summed E-state index contributed by atoms with van der Waals surface area (Å²) in [5.74, 6) is 0.561. The van der Waals surface area contributed by atoms with Crippen molar-refractivity contribution in [3.05, 3.63) is 53.3 Å². The number of methoxy groups -OCH3 is 1. The molecule has 0 radical (unpaired) electrons. The second-order valence-corrected chi connectivity index (χ2v) is 4.65. The Bertz CT molecular complexity index is 659. The molecule has 0 spiro atoms. The number of nitriles is 1. The van der Waals surface area contributed by atoms with Gasteiger partial charge in [0.25, 0.3) is 0 Å². The molecule has 2 nitrogen and oxygen atoms in total. The summed E-state index contributed by atoms with van der Waals surface area (Å²) in [6, 6.07) is 13.0. The topological polar surface area (TPSA) is 33.0 Å². The van der Waals surface area contributed by atoms with Crippen molar-refractivity contribution in [3.8, 4) is 22.9 Å². The Balaban J connectivity index is 2.32. The molecule has 0 heterocycles. The quantitative estimate of drug-likeness (QED) is 0.830. The number of aryl methyl sites for hydroxylation is 2. The molecular formula is C17H16FNO. The van der Waals surface area contributed by atoms with Crippen molar-refractivity contribution in [1.82, 2.24) is 0 Å². The molecule has 20 heavy (non-hydrogen) atoms. The average molecular weight is 269 g/mol. The van der Waals surface area contributed by atoms with Crippen molar-refractivity contribution in [1.29, 1.82) is 5.26 Å². The number of hydrogen-bond donors (Lipinski definition) is 0. The van der Waals surface area contributed by atoms with E-state index < -0.39 is 0 Å². The fourth-order valence-corrected chi connectivity index (χ4v) is 2.18. The Hall–Kier alpha value is -2.34. The molecule has 0 atom stereocenters. The molecule has 2 aromatic rings. The molecule has 0 unspecified atom stereocenters. The maximum Gasteiger partial charge on any atom is 0.127 e. The fourth-order valence-electron chi connectivity index (χ4n) is 2.18. The molecule has 0 aliphatic carbocycles. The van der Waals surface area contributed by atoms with Crippen molar-refractivity contribution in [2.24, 2.45) is 0 Å². The molecule has 0 fully saturated rings. The van der Waals surface area contributed by atoms with Crippen LogP contribution in [0.5, 0.6) is 5.75 Å². The maximum absolute atomic E-state index is 14.0. The van der Waals surface area contributed by atoms with Crippen LogP contribution in [-0.2, 0) is 6.42 Å². The van der Waals surface area contributed by atoms with Crippen molar-refractivity contribution in [3.63, 3.8) is 0 Å². The van der Waals surface area contributed by atoms with E-state index in [1.165, 1.54) is 6.07 Å². The van der Waals surface area contributed by atoms with Gasteiger partial charge in [-0.15, -0.1) is 0 Å². The normalized spacial score (nSPS) is 10.1. The Labute approximate surface area is 118 Å². The molecule has 0 saturated carbocycles. The molecule has 3 heteroatoms. The van der Waals surface area contributed by atoms with Gasteiger partial charge in [0, 0.05) is 6.42 Å². The summed E-state index contributed by atoms with van der Waals surface area (Å²) >= 11 is 0. The van der Waals surface area contributed by atoms with Crippen molar-refractivity contribution in [2.45, 2.75) is 19.8 Å². The van der Waals surface area contributed by atoms with E-state index in [1.807, 2.05) is 37.3 Å². The van der Waals surface area contributed by atoms with Gasteiger partial charge < -0.3 is 4.74 Å². The van der Waals surface area contributed by atoms with Crippen LogP contribution in [0.15, 0.2) is 36.4 Å². The largest absolute Gasteiger partial charge is 0.496 e. The first kappa shape index (κ1) is 14.1. The average Bonchev–Trinajstić information content (AvgIpc) is 2.46.